The van der Waals surface area contributed by atoms with E-state index in [1.165, 1.54) is 0 Å². The molecule has 0 aliphatic rings. The van der Waals surface area contributed by atoms with Crippen molar-refractivity contribution in [3.63, 3.8) is 0 Å². The van der Waals surface area contributed by atoms with Crippen LogP contribution in [0.4, 0.5) is 0 Å². The molecule has 0 amide bonds. The Morgan fingerprint density at radius 3 is 2.58 bits per heavy atom. The number of ether oxygens (including phenoxy) is 1. The van der Waals surface area contributed by atoms with Gasteiger partial charge in [-0.05, 0) is 32.0 Å². The molecule has 2 aromatic carbocycles. The minimum absolute atomic E-state index is 0.154. The third-order valence-electron chi connectivity index (χ3n) is 4.33. The number of fused-ring (bicyclic) bond motifs is 2. The van der Waals surface area contributed by atoms with Gasteiger partial charge in [-0.1, -0.05) is 30.3 Å². The van der Waals surface area contributed by atoms with Crippen molar-refractivity contribution in [1.29, 1.82) is 0 Å². The fourth-order valence-electron chi connectivity index (χ4n) is 2.94. The Kier molecular flexibility index (Phi) is 3.80. The largest absolute Gasteiger partial charge is 0.449 e. The van der Waals surface area contributed by atoms with Crippen LogP contribution in [0.5, 0.6) is 0 Å². The minimum atomic E-state index is -0.729. The molecule has 4 aromatic rings. The van der Waals surface area contributed by atoms with Gasteiger partial charge in [0.15, 0.2) is 11.9 Å². The van der Waals surface area contributed by atoms with Crippen LogP contribution < -0.4 is 5.56 Å². The van der Waals surface area contributed by atoms with Gasteiger partial charge in [0, 0.05) is 10.9 Å². The Hall–Kier alpha value is -3.41. The van der Waals surface area contributed by atoms with Crippen molar-refractivity contribution < 1.29 is 13.9 Å². The number of benzene rings is 2. The van der Waals surface area contributed by atoms with Crippen LogP contribution in [0.15, 0.2) is 57.7 Å². The van der Waals surface area contributed by atoms with Crippen molar-refractivity contribution in [1.82, 2.24) is 9.97 Å². The number of carbonyl (C=O) groups excluding carboxylic acids is 1. The molecule has 6 nitrogen and oxygen atoms in total. The van der Waals surface area contributed by atoms with Crippen LogP contribution in [0.25, 0.3) is 21.9 Å². The third kappa shape index (κ3) is 2.65. The number of hydrogen-bond acceptors (Lipinski definition) is 5. The van der Waals surface area contributed by atoms with Crippen LogP contribution in [-0.2, 0) is 4.74 Å². The summed E-state index contributed by atoms with van der Waals surface area (Å²) in [5.74, 6) is -0.154. The number of hydrogen-bond donors (Lipinski definition) is 1. The summed E-state index contributed by atoms with van der Waals surface area (Å²) in [7, 11) is 0. The molecule has 0 bridgehead atoms. The molecule has 1 atom stereocenters. The lowest BCUT2D eigenvalue weighted by atomic mass is 10.1. The topological polar surface area (TPSA) is 85.2 Å². The maximum Gasteiger partial charge on any atom is 0.375 e. The summed E-state index contributed by atoms with van der Waals surface area (Å²) in [6.45, 7) is 3.46. The summed E-state index contributed by atoms with van der Waals surface area (Å²) < 4.78 is 11.1. The molecule has 0 saturated heterocycles. The lowest BCUT2D eigenvalue weighted by Crippen LogP contribution is -2.17. The van der Waals surface area contributed by atoms with E-state index in [0.717, 1.165) is 10.9 Å². The molecule has 0 spiro atoms. The molecule has 0 aliphatic heterocycles. The number of esters is 1. The number of aromatic nitrogens is 2. The van der Waals surface area contributed by atoms with Gasteiger partial charge in [0.1, 0.15) is 5.58 Å². The number of rotatable bonds is 3. The first-order chi connectivity index (χ1) is 12.5. The highest BCUT2D eigenvalue weighted by Gasteiger charge is 2.22. The predicted molar refractivity (Wildman–Crippen MR) is 97.1 cm³/mol. The Bertz CT molecular complexity index is 1190. The lowest BCUT2D eigenvalue weighted by Gasteiger charge is -2.12. The Morgan fingerprint density at radius 2 is 1.81 bits per heavy atom. The van der Waals surface area contributed by atoms with E-state index in [1.807, 2.05) is 25.1 Å². The van der Waals surface area contributed by atoms with Crippen molar-refractivity contribution >= 4 is 27.8 Å². The Balaban J connectivity index is 1.65. The van der Waals surface area contributed by atoms with E-state index in [4.69, 9.17) is 9.15 Å². The van der Waals surface area contributed by atoms with Gasteiger partial charge in [-0.2, -0.15) is 0 Å². The highest BCUT2D eigenvalue weighted by molar-refractivity contribution is 5.95. The number of nitrogens with zero attached hydrogens (tertiary/aromatic N) is 1. The molecule has 0 radical (unpaired) electrons. The smallest absolute Gasteiger partial charge is 0.375 e. The molecule has 130 valence electrons. The number of H-pyrrole nitrogens is 1. The van der Waals surface area contributed by atoms with Crippen LogP contribution in [0.1, 0.15) is 35.0 Å². The van der Waals surface area contributed by atoms with Gasteiger partial charge < -0.3 is 14.1 Å². The van der Waals surface area contributed by atoms with E-state index in [9.17, 15) is 9.59 Å². The molecule has 0 aliphatic carbocycles. The van der Waals surface area contributed by atoms with Gasteiger partial charge >= 0.3 is 5.97 Å². The van der Waals surface area contributed by atoms with Crippen LogP contribution in [0.2, 0.25) is 0 Å². The molecule has 6 heteroatoms. The molecule has 0 unspecified atom stereocenters. The third-order valence-corrected chi connectivity index (χ3v) is 4.33. The number of aryl methyl sites for hydroxylation is 1. The number of nitrogens with one attached hydrogen (secondary N) is 1. The van der Waals surface area contributed by atoms with Crippen molar-refractivity contribution in [3.05, 3.63) is 76.0 Å². The zero-order valence-electron chi connectivity index (χ0n) is 14.3. The monoisotopic (exact) mass is 348 g/mol. The highest BCUT2D eigenvalue weighted by Crippen LogP contribution is 2.27. The van der Waals surface area contributed by atoms with E-state index in [2.05, 4.69) is 9.97 Å². The summed E-state index contributed by atoms with van der Waals surface area (Å²) in [6.07, 6.45) is -0.729. The molecule has 26 heavy (non-hydrogen) atoms. The van der Waals surface area contributed by atoms with Crippen molar-refractivity contribution in [2.24, 2.45) is 0 Å². The zero-order valence-corrected chi connectivity index (χ0v) is 14.3. The van der Waals surface area contributed by atoms with Gasteiger partial charge in [-0.25, -0.2) is 9.78 Å². The maximum atomic E-state index is 12.5. The molecule has 2 heterocycles. The van der Waals surface area contributed by atoms with Gasteiger partial charge in [0.25, 0.3) is 5.56 Å². The Labute approximate surface area is 148 Å². The number of aromatic amines is 1. The average Bonchev–Trinajstić information content (AvgIpc) is 2.99. The molecule has 0 fully saturated rings. The van der Waals surface area contributed by atoms with Crippen molar-refractivity contribution in [3.8, 4) is 0 Å². The van der Waals surface area contributed by atoms with E-state index in [-0.39, 0.29) is 17.1 Å². The summed E-state index contributed by atoms with van der Waals surface area (Å²) in [6, 6.07) is 14.4. The van der Waals surface area contributed by atoms with E-state index >= 15 is 0 Å². The van der Waals surface area contributed by atoms with E-state index in [1.54, 1.807) is 37.3 Å². The first-order valence-electron chi connectivity index (χ1n) is 8.22. The molecule has 2 aromatic heterocycles. The fourth-order valence-corrected chi connectivity index (χ4v) is 2.94. The summed E-state index contributed by atoms with van der Waals surface area (Å²) in [5.41, 5.74) is 1.63. The van der Waals surface area contributed by atoms with E-state index < -0.39 is 12.1 Å². The van der Waals surface area contributed by atoms with Crippen LogP contribution in [0.3, 0.4) is 0 Å². The second-order valence-corrected chi connectivity index (χ2v) is 6.07. The second-order valence-electron chi connectivity index (χ2n) is 6.07. The van der Waals surface area contributed by atoms with Crippen LogP contribution >= 0.6 is 0 Å². The van der Waals surface area contributed by atoms with Crippen molar-refractivity contribution in [2.75, 3.05) is 0 Å². The number of carbonyl (C=O) groups is 1. The SMILES string of the molecule is Cc1c(C(=O)O[C@H](C)c2nc3ccccc3c(=O)[nH]2)oc2ccccc12. The van der Waals surface area contributed by atoms with Gasteiger partial charge in [0.2, 0.25) is 5.76 Å². The normalized spacial score (nSPS) is 12.4. The summed E-state index contributed by atoms with van der Waals surface area (Å²) in [5, 5.41) is 1.35. The Morgan fingerprint density at radius 1 is 1.12 bits per heavy atom. The minimum Gasteiger partial charge on any atom is -0.449 e. The summed E-state index contributed by atoms with van der Waals surface area (Å²) in [4.78, 5) is 31.8. The average molecular weight is 348 g/mol. The quantitative estimate of drug-likeness (QED) is 0.568. The second kappa shape index (κ2) is 6.15. The first-order valence-corrected chi connectivity index (χ1v) is 8.22. The molecule has 1 N–H and O–H groups in total. The maximum absolute atomic E-state index is 12.5. The standard InChI is InChI=1S/C20H16N2O4/c1-11-13-7-4-6-10-16(13)26-17(11)20(24)25-12(2)18-21-15-9-5-3-8-14(15)19(23)22-18/h3-10,12H,1-2H3,(H,21,22,23)/t12-/m1/s1. The fraction of sp³-hybridized carbons (Fsp3) is 0.150. The van der Waals surface area contributed by atoms with Gasteiger partial charge in [-0.15, -0.1) is 0 Å². The molecule has 0 saturated carbocycles. The molecular weight excluding hydrogens is 332 g/mol. The zero-order chi connectivity index (χ0) is 18.3. The van der Waals surface area contributed by atoms with Gasteiger partial charge in [0.05, 0.1) is 10.9 Å². The highest BCUT2D eigenvalue weighted by atomic mass is 16.6. The lowest BCUT2D eigenvalue weighted by molar-refractivity contribution is 0.0285. The van der Waals surface area contributed by atoms with Gasteiger partial charge in [-0.3, -0.25) is 4.79 Å². The molecule has 4 rings (SSSR count). The number of para-hydroxylation sites is 2. The predicted octanol–water partition coefficient (Wildman–Crippen LogP) is 3.90. The first kappa shape index (κ1) is 16.1. The van der Waals surface area contributed by atoms with E-state index in [0.29, 0.717) is 16.5 Å². The van der Waals surface area contributed by atoms with Crippen LogP contribution in [-0.4, -0.2) is 15.9 Å². The van der Waals surface area contributed by atoms with Crippen molar-refractivity contribution in [2.45, 2.75) is 20.0 Å². The van der Waals surface area contributed by atoms with Crippen LogP contribution in [0, 0.1) is 6.92 Å². The summed E-state index contributed by atoms with van der Waals surface area (Å²) >= 11 is 0. The number of furan rings is 1. The molecular formula is C20H16N2O4.